The molecule has 4 aliphatic rings. The van der Waals surface area contributed by atoms with Crippen molar-refractivity contribution in [2.45, 2.75) is 130 Å². The summed E-state index contributed by atoms with van der Waals surface area (Å²) in [6.45, 7) is 27.3. The third kappa shape index (κ3) is 11.8. The van der Waals surface area contributed by atoms with Gasteiger partial charge in [0.15, 0.2) is 0 Å². The summed E-state index contributed by atoms with van der Waals surface area (Å²) in [5.41, 5.74) is 23.5. The van der Waals surface area contributed by atoms with Crippen LogP contribution >= 0.6 is 22.7 Å². The summed E-state index contributed by atoms with van der Waals surface area (Å²) in [7, 11) is 0. The topological polar surface area (TPSA) is 6.48 Å². The van der Waals surface area contributed by atoms with Crippen LogP contribution in [0.1, 0.15) is 128 Å². The molecular weight excluding hydrogens is 1000 g/mol. The lowest BCUT2D eigenvalue weighted by Crippen LogP contribution is -2.14. The number of hydrogen-bond acceptors (Lipinski definition) is 4. The van der Waals surface area contributed by atoms with Crippen molar-refractivity contribution in [3.8, 4) is 41.8 Å². The highest BCUT2D eigenvalue weighted by Gasteiger charge is 2.23. The molecule has 10 aromatic rings. The molecule has 14 rings (SSSR count). The highest BCUT2D eigenvalue weighted by Crippen LogP contribution is 2.44. The monoisotopic (exact) mass is 1080 g/mol. The van der Waals surface area contributed by atoms with E-state index in [4.69, 9.17) is 0 Å². The standard InChI is InChI=1S/C76H78N2S2/c1-73(2,3)57-25-37-63(38-26-57)77(64-39-27-58(28-40-64)74(4,5)6)61-33-21-55(22-34-61)69-45-47-71(79-69)67-49-51-13-17-53(67)19-15-52-14-18-54(20-16-51)68(50-52)72-48-46-70(80-72)56-23-35-62(36-24-56)78(65-41-29-59(30-42-65)75(7,8)9)66-43-31-60(32-44-66)76(10,11)12/h13-14,17-18,21-50H,15-16,19-20H2,1-12H3. The van der Waals surface area contributed by atoms with Crippen LogP contribution in [0.4, 0.5) is 34.1 Å². The predicted molar refractivity (Wildman–Crippen MR) is 349 cm³/mol. The summed E-state index contributed by atoms with van der Waals surface area (Å²) in [5.74, 6) is 0. The largest absolute Gasteiger partial charge is 0.311 e. The molecule has 4 heteroatoms. The van der Waals surface area contributed by atoms with Gasteiger partial charge >= 0.3 is 0 Å². The molecule has 404 valence electrons. The molecule has 80 heavy (non-hydrogen) atoms. The Balaban J connectivity index is 0.817. The van der Waals surface area contributed by atoms with E-state index < -0.39 is 0 Å². The summed E-state index contributed by atoms with van der Waals surface area (Å²) in [5, 5.41) is 0. The number of aryl methyl sites for hydroxylation is 4. The molecule has 0 saturated heterocycles. The second kappa shape index (κ2) is 21.7. The van der Waals surface area contributed by atoms with Gasteiger partial charge in [-0.25, -0.2) is 0 Å². The lowest BCUT2D eigenvalue weighted by Gasteiger charge is -2.28. The SMILES string of the molecule is CC(C)(C)c1ccc(N(c2ccc(-c3ccc(-c4cc5ccc4CCc4ccc(c(-c6ccc(-c7ccc(N(c8ccc(C(C)(C)C)cc8)c8ccc(C(C)(C)C)cc8)cc7)s6)c4)CC5)s3)cc2)c2ccc(C(C)(C)C)cc2)cc1. The van der Waals surface area contributed by atoms with Crippen molar-refractivity contribution in [3.05, 3.63) is 251 Å². The first-order valence-corrected chi connectivity index (χ1v) is 30.4. The number of nitrogens with zero attached hydrogens (tertiary/aromatic N) is 2. The fraction of sp³-hybridized carbons (Fsp3) is 0.263. The van der Waals surface area contributed by atoms with Crippen LogP contribution in [-0.2, 0) is 47.3 Å². The number of rotatable bonds is 10. The summed E-state index contributed by atoms with van der Waals surface area (Å²) < 4.78 is 0. The van der Waals surface area contributed by atoms with Crippen molar-refractivity contribution in [2.24, 2.45) is 0 Å². The van der Waals surface area contributed by atoms with Gasteiger partial charge in [-0.05, 0) is 211 Å². The normalized spacial score (nSPS) is 13.1. The van der Waals surface area contributed by atoms with E-state index in [1.165, 1.54) is 86.3 Å². The minimum atomic E-state index is 0.0886. The molecule has 2 heterocycles. The average molecular weight is 1080 g/mol. The fourth-order valence-electron chi connectivity index (χ4n) is 11.2. The quantitative estimate of drug-likeness (QED) is 0.135. The summed E-state index contributed by atoms with van der Waals surface area (Å²) in [6.07, 6.45) is 3.95. The van der Waals surface area contributed by atoms with Crippen molar-refractivity contribution in [1.82, 2.24) is 0 Å². The molecule has 0 atom stereocenters. The lowest BCUT2D eigenvalue weighted by atomic mass is 9.86. The summed E-state index contributed by atoms with van der Waals surface area (Å²) in [6, 6.07) is 78.7. The number of benzene rings is 8. The van der Waals surface area contributed by atoms with Crippen LogP contribution in [0.3, 0.4) is 0 Å². The molecule has 2 nitrogen and oxygen atoms in total. The van der Waals surface area contributed by atoms with Crippen molar-refractivity contribution >= 4 is 56.8 Å². The maximum absolute atomic E-state index is 2.49. The number of thiophene rings is 2. The van der Waals surface area contributed by atoms with Crippen LogP contribution < -0.4 is 9.80 Å². The van der Waals surface area contributed by atoms with Gasteiger partial charge in [0.25, 0.3) is 0 Å². The minimum absolute atomic E-state index is 0.0886. The first-order valence-electron chi connectivity index (χ1n) is 28.8. The van der Waals surface area contributed by atoms with E-state index in [-0.39, 0.29) is 21.7 Å². The fourth-order valence-corrected chi connectivity index (χ4v) is 13.3. The third-order valence-electron chi connectivity index (χ3n) is 16.2. The Hall–Kier alpha value is -7.24. The predicted octanol–water partition coefficient (Wildman–Crippen LogP) is 22.5. The second-order valence-electron chi connectivity index (χ2n) is 26.3. The minimum Gasteiger partial charge on any atom is -0.311 e. The zero-order valence-corrected chi connectivity index (χ0v) is 50.8. The van der Waals surface area contributed by atoms with Crippen LogP contribution in [0, 0.1) is 0 Å². The van der Waals surface area contributed by atoms with Crippen LogP contribution in [0.15, 0.2) is 206 Å². The molecule has 0 saturated carbocycles. The molecular formula is C76H78N2S2. The van der Waals surface area contributed by atoms with Crippen LogP contribution in [0.5, 0.6) is 0 Å². The molecule has 0 radical (unpaired) electrons. The molecule has 0 spiro atoms. The summed E-state index contributed by atoms with van der Waals surface area (Å²) in [4.78, 5) is 10.0. The highest BCUT2D eigenvalue weighted by atomic mass is 32.1. The summed E-state index contributed by atoms with van der Waals surface area (Å²) >= 11 is 3.82. The Bertz CT molecular complexity index is 3380. The Morgan fingerprint density at radius 2 is 0.512 bits per heavy atom. The first-order chi connectivity index (χ1) is 38.1. The molecule has 0 amide bonds. The van der Waals surface area contributed by atoms with Gasteiger partial charge in [0, 0.05) is 53.6 Å². The van der Waals surface area contributed by atoms with Gasteiger partial charge in [0.05, 0.1) is 0 Å². The Kier molecular flexibility index (Phi) is 14.8. The highest BCUT2D eigenvalue weighted by molar-refractivity contribution is 7.19. The molecule has 0 unspecified atom stereocenters. The molecule has 0 N–H and O–H groups in total. The molecule has 0 fully saturated rings. The van der Waals surface area contributed by atoms with Gasteiger partial charge in [-0.3, -0.25) is 0 Å². The Morgan fingerprint density at radius 3 is 0.775 bits per heavy atom. The molecule has 4 aliphatic carbocycles. The van der Waals surface area contributed by atoms with E-state index in [9.17, 15) is 0 Å². The van der Waals surface area contributed by atoms with Gasteiger partial charge in [0.1, 0.15) is 0 Å². The Morgan fingerprint density at radius 1 is 0.263 bits per heavy atom. The smallest absolute Gasteiger partial charge is 0.0462 e. The molecule has 0 aliphatic heterocycles. The van der Waals surface area contributed by atoms with Crippen molar-refractivity contribution < 1.29 is 0 Å². The van der Waals surface area contributed by atoms with Gasteiger partial charge in [-0.2, -0.15) is 0 Å². The first kappa shape index (κ1) is 54.7. The van der Waals surface area contributed by atoms with Crippen LogP contribution in [-0.4, -0.2) is 0 Å². The molecule has 8 aromatic carbocycles. The lowest BCUT2D eigenvalue weighted by molar-refractivity contribution is 0.590. The van der Waals surface area contributed by atoms with Gasteiger partial charge in [-0.1, -0.05) is 192 Å². The van der Waals surface area contributed by atoms with Gasteiger partial charge in [-0.15, -0.1) is 22.7 Å². The van der Waals surface area contributed by atoms with E-state index in [0.717, 1.165) is 59.8 Å². The van der Waals surface area contributed by atoms with Gasteiger partial charge < -0.3 is 9.80 Å². The van der Waals surface area contributed by atoms with E-state index >= 15 is 0 Å². The van der Waals surface area contributed by atoms with E-state index in [2.05, 4.69) is 299 Å². The van der Waals surface area contributed by atoms with Crippen LogP contribution in [0.2, 0.25) is 0 Å². The number of hydrogen-bond donors (Lipinski definition) is 0. The van der Waals surface area contributed by atoms with Crippen molar-refractivity contribution in [2.75, 3.05) is 9.80 Å². The zero-order chi connectivity index (χ0) is 56.1. The maximum Gasteiger partial charge on any atom is 0.0462 e. The number of anilines is 6. The Labute approximate surface area is 486 Å². The maximum atomic E-state index is 2.49. The van der Waals surface area contributed by atoms with Crippen LogP contribution in [0.25, 0.3) is 41.8 Å². The molecule has 2 aromatic heterocycles. The zero-order valence-electron chi connectivity index (χ0n) is 49.2. The average Bonchev–Trinajstić information content (AvgIpc) is 4.14. The van der Waals surface area contributed by atoms with E-state index in [0.29, 0.717) is 0 Å². The van der Waals surface area contributed by atoms with Crippen molar-refractivity contribution in [3.63, 3.8) is 0 Å². The van der Waals surface area contributed by atoms with E-state index in [1.54, 1.807) is 0 Å². The van der Waals surface area contributed by atoms with Crippen molar-refractivity contribution in [1.29, 1.82) is 0 Å². The van der Waals surface area contributed by atoms with E-state index in [1.807, 2.05) is 22.7 Å². The molecule has 4 bridgehead atoms. The third-order valence-corrected chi connectivity index (χ3v) is 18.6. The van der Waals surface area contributed by atoms with Gasteiger partial charge in [0.2, 0.25) is 0 Å². The second-order valence-corrected chi connectivity index (χ2v) is 28.4.